The average Bonchev–Trinajstić information content (AvgIpc) is 2.36. The maximum absolute atomic E-state index is 6.00. The second-order valence-electron chi connectivity index (χ2n) is 3.48. The highest BCUT2D eigenvalue weighted by atomic mass is 16.5. The van der Waals surface area contributed by atoms with E-state index in [4.69, 9.17) is 10.5 Å². The van der Waals surface area contributed by atoms with Crippen molar-refractivity contribution in [3.05, 3.63) is 0 Å². The van der Waals surface area contributed by atoms with Crippen LogP contribution >= 0.6 is 0 Å². The second-order valence-corrected chi connectivity index (χ2v) is 3.48. The Morgan fingerprint density at radius 1 is 1.64 bits per heavy atom. The summed E-state index contributed by atoms with van der Waals surface area (Å²) in [7, 11) is 0. The van der Waals surface area contributed by atoms with Crippen LogP contribution in [-0.4, -0.2) is 18.8 Å². The highest BCUT2D eigenvalue weighted by Gasteiger charge is 2.28. The molecule has 2 nitrogen and oxygen atoms in total. The molecule has 11 heavy (non-hydrogen) atoms. The fourth-order valence-corrected chi connectivity index (χ4v) is 1.86. The van der Waals surface area contributed by atoms with Gasteiger partial charge in [0.15, 0.2) is 0 Å². The van der Waals surface area contributed by atoms with Crippen LogP contribution < -0.4 is 5.73 Å². The van der Waals surface area contributed by atoms with Gasteiger partial charge >= 0.3 is 0 Å². The zero-order valence-corrected chi connectivity index (χ0v) is 7.55. The Bertz CT molecular complexity index is 116. The minimum Gasteiger partial charge on any atom is -0.378 e. The van der Waals surface area contributed by atoms with Crippen molar-refractivity contribution in [2.45, 2.75) is 45.3 Å². The average molecular weight is 157 g/mol. The van der Waals surface area contributed by atoms with Crippen molar-refractivity contribution in [2.75, 3.05) is 6.61 Å². The molecule has 1 fully saturated rings. The molecule has 2 heteroatoms. The molecule has 1 saturated heterocycles. The van der Waals surface area contributed by atoms with Gasteiger partial charge in [-0.05, 0) is 19.8 Å². The van der Waals surface area contributed by atoms with E-state index in [1.54, 1.807) is 0 Å². The molecule has 0 bridgehead atoms. The highest BCUT2D eigenvalue weighted by Crippen LogP contribution is 2.24. The molecule has 0 aromatic rings. The van der Waals surface area contributed by atoms with Crippen LogP contribution in [0.25, 0.3) is 0 Å². The molecule has 0 spiro atoms. The third-order valence-electron chi connectivity index (χ3n) is 2.61. The minimum absolute atomic E-state index is 0.359. The summed E-state index contributed by atoms with van der Waals surface area (Å²) in [4.78, 5) is 0. The Balaban J connectivity index is 2.33. The summed E-state index contributed by atoms with van der Waals surface area (Å²) < 4.78 is 5.45. The minimum atomic E-state index is 0.359. The fourth-order valence-electron chi connectivity index (χ4n) is 1.86. The van der Waals surface area contributed by atoms with E-state index in [1.807, 2.05) is 0 Å². The first-order valence-corrected chi connectivity index (χ1v) is 4.63. The Kier molecular flexibility index (Phi) is 3.34. The van der Waals surface area contributed by atoms with Crippen molar-refractivity contribution in [3.8, 4) is 0 Å². The Labute approximate surface area is 69.1 Å². The number of ether oxygens (including phenoxy) is 1. The van der Waals surface area contributed by atoms with Gasteiger partial charge in [-0.3, -0.25) is 0 Å². The van der Waals surface area contributed by atoms with Crippen LogP contribution in [0.1, 0.15) is 33.1 Å². The van der Waals surface area contributed by atoms with E-state index >= 15 is 0 Å². The van der Waals surface area contributed by atoms with Gasteiger partial charge in [0.1, 0.15) is 0 Å². The third-order valence-corrected chi connectivity index (χ3v) is 2.61. The molecule has 2 N–H and O–H groups in total. The molecule has 0 aromatic carbocycles. The van der Waals surface area contributed by atoms with Crippen LogP contribution in [0.3, 0.4) is 0 Å². The quantitative estimate of drug-likeness (QED) is 0.674. The third kappa shape index (κ3) is 2.17. The normalized spacial score (nSPS) is 34.1. The maximum Gasteiger partial charge on any atom is 0.0590 e. The van der Waals surface area contributed by atoms with Gasteiger partial charge in [0.25, 0.3) is 0 Å². The van der Waals surface area contributed by atoms with Crippen molar-refractivity contribution in [1.29, 1.82) is 0 Å². The van der Waals surface area contributed by atoms with Gasteiger partial charge in [0.2, 0.25) is 0 Å². The van der Waals surface area contributed by atoms with Crippen molar-refractivity contribution >= 4 is 0 Å². The van der Waals surface area contributed by atoms with Crippen LogP contribution in [0.5, 0.6) is 0 Å². The summed E-state index contributed by atoms with van der Waals surface area (Å²) in [5.41, 5.74) is 6.00. The molecule has 1 rings (SSSR count). The summed E-state index contributed by atoms with van der Waals surface area (Å²) in [5.74, 6) is 0.606. The van der Waals surface area contributed by atoms with Crippen LogP contribution in [0.15, 0.2) is 0 Å². The first kappa shape index (κ1) is 9.01. The molecule has 0 amide bonds. The molecule has 0 aromatic heterocycles. The molecular weight excluding hydrogens is 138 g/mol. The molecule has 66 valence electrons. The largest absolute Gasteiger partial charge is 0.378 e. The summed E-state index contributed by atoms with van der Waals surface area (Å²) in [6.07, 6.45) is 3.86. The van der Waals surface area contributed by atoms with Crippen LogP contribution in [0, 0.1) is 5.92 Å². The monoisotopic (exact) mass is 157 g/mol. The van der Waals surface area contributed by atoms with E-state index in [0.717, 1.165) is 19.4 Å². The highest BCUT2D eigenvalue weighted by molar-refractivity contribution is 4.81. The molecular formula is C9H19NO. The number of rotatable bonds is 3. The molecule has 3 atom stereocenters. The van der Waals surface area contributed by atoms with Crippen molar-refractivity contribution < 1.29 is 4.74 Å². The van der Waals surface area contributed by atoms with Gasteiger partial charge in [0, 0.05) is 18.6 Å². The van der Waals surface area contributed by atoms with E-state index in [0.29, 0.717) is 18.1 Å². The summed E-state index contributed by atoms with van der Waals surface area (Å²) in [6, 6.07) is 0.359. The maximum atomic E-state index is 6.00. The Hall–Kier alpha value is -0.0800. The molecule has 1 aliphatic rings. The van der Waals surface area contributed by atoms with Crippen molar-refractivity contribution in [3.63, 3.8) is 0 Å². The van der Waals surface area contributed by atoms with Gasteiger partial charge in [-0.1, -0.05) is 13.3 Å². The molecule has 3 unspecified atom stereocenters. The first-order valence-electron chi connectivity index (χ1n) is 4.63. The lowest BCUT2D eigenvalue weighted by atomic mass is 9.91. The lowest BCUT2D eigenvalue weighted by Gasteiger charge is -2.20. The molecule has 0 aliphatic carbocycles. The Morgan fingerprint density at radius 2 is 2.36 bits per heavy atom. The predicted octanol–water partition coefficient (Wildman–Crippen LogP) is 1.54. The van der Waals surface area contributed by atoms with E-state index in [9.17, 15) is 0 Å². The van der Waals surface area contributed by atoms with E-state index in [2.05, 4.69) is 13.8 Å². The van der Waals surface area contributed by atoms with Gasteiger partial charge in [-0.15, -0.1) is 0 Å². The van der Waals surface area contributed by atoms with E-state index in [1.165, 1.54) is 6.42 Å². The smallest absolute Gasteiger partial charge is 0.0590 e. The van der Waals surface area contributed by atoms with Crippen LogP contribution in [0.4, 0.5) is 0 Å². The molecule has 1 aliphatic heterocycles. The molecule has 1 heterocycles. The standard InChI is InChI=1S/C9H19NO/c1-3-4-9(10)8-5-6-11-7(8)2/h7-9H,3-6,10H2,1-2H3. The van der Waals surface area contributed by atoms with Crippen LogP contribution in [0.2, 0.25) is 0 Å². The Morgan fingerprint density at radius 3 is 2.82 bits per heavy atom. The molecule has 0 saturated carbocycles. The summed E-state index contributed by atoms with van der Waals surface area (Å²) in [5, 5.41) is 0. The van der Waals surface area contributed by atoms with E-state index in [-0.39, 0.29) is 0 Å². The van der Waals surface area contributed by atoms with Gasteiger partial charge in [0.05, 0.1) is 6.10 Å². The zero-order valence-electron chi connectivity index (χ0n) is 7.55. The summed E-state index contributed by atoms with van der Waals surface area (Å²) >= 11 is 0. The van der Waals surface area contributed by atoms with Gasteiger partial charge in [-0.25, -0.2) is 0 Å². The lowest BCUT2D eigenvalue weighted by molar-refractivity contribution is 0.0986. The summed E-state index contributed by atoms with van der Waals surface area (Å²) in [6.45, 7) is 5.22. The topological polar surface area (TPSA) is 35.2 Å². The van der Waals surface area contributed by atoms with Gasteiger partial charge < -0.3 is 10.5 Å². The molecule has 0 radical (unpaired) electrons. The van der Waals surface area contributed by atoms with Gasteiger partial charge in [-0.2, -0.15) is 0 Å². The second kappa shape index (κ2) is 4.07. The van der Waals surface area contributed by atoms with Crippen molar-refractivity contribution in [2.24, 2.45) is 11.7 Å². The van der Waals surface area contributed by atoms with Crippen LogP contribution in [-0.2, 0) is 4.74 Å². The number of hydrogen-bond acceptors (Lipinski definition) is 2. The first-order chi connectivity index (χ1) is 5.25. The van der Waals surface area contributed by atoms with Crippen molar-refractivity contribution in [1.82, 2.24) is 0 Å². The predicted molar refractivity (Wildman–Crippen MR) is 46.4 cm³/mol. The lowest BCUT2D eigenvalue weighted by Crippen LogP contribution is -2.33. The SMILES string of the molecule is CCCC(N)C1CCOC1C. The zero-order chi connectivity index (χ0) is 8.27. The number of nitrogens with two attached hydrogens (primary N) is 1. The fraction of sp³-hybridized carbons (Fsp3) is 1.00. The number of hydrogen-bond donors (Lipinski definition) is 1. The van der Waals surface area contributed by atoms with E-state index < -0.39 is 0 Å².